The van der Waals surface area contributed by atoms with Crippen molar-refractivity contribution < 1.29 is 14.3 Å². The number of hydrogen-bond acceptors (Lipinski definition) is 7. The van der Waals surface area contributed by atoms with Crippen LogP contribution < -0.4 is 20.7 Å². The molecule has 5 aromatic rings. The van der Waals surface area contributed by atoms with Crippen molar-refractivity contribution in [3.63, 3.8) is 0 Å². The number of carbonyl (C=O) groups excluding carboxylic acids is 2. The van der Waals surface area contributed by atoms with Crippen LogP contribution in [0.2, 0.25) is 0 Å². The molecule has 0 aliphatic carbocycles. The Labute approximate surface area is 318 Å². The Morgan fingerprint density at radius 3 is 2.46 bits per heavy atom. The van der Waals surface area contributed by atoms with Crippen LogP contribution in [0.1, 0.15) is 68.7 Å². The van der Waals surface area contributed by atoms with E-state index in [1.165, 1.54) is 0 Å². The molecule has 284 valence electrons. The number of nitrogens with zero attached hydrogens (tertiary/aromatic N) is 3. The lowest BCUT2D eigenvalue weighted by Gasteiger charge is -2.35. The molecule has 1 aliphatic heterocycles. The molecule has 1 atom stereocenters. The number of likely N-dealkylation sites (N-methyl/N-ethyl adjacent to an activating group) is 3. The van der Waals surface area contributed by atoms with Crippen LogP contribution in [0.3, 0.4) is 0 Å². The van der Waals surface area contributed by atoms with Gasteiger partial charge in [0.2, 0.25) is 11.8 Å². The Morgan fingerprint density at radius 2 is 1.67 bits per heavy atom. The number of nitrogens with one attached hydrogen (secondary N) is 5. The molecular formula is C43H54N8O3. The van der Waals surface area contributed by atoms with Gasteiger partial charge in [0.1, 0.15) is 23.1 Å². The van der Waals surface area contributed by atoms with E-state index in [0.29, 0.717) is 26.1 Å². The number of unbranched alkanes of at least 4 members (excludes halogenated alkanes) is 2. The minimum atomic E-state index is -0.275. The number of rotatable bonds is 18. The average molecular weight is 731 g/mol. The largest absolute Gasteiger partial charge is 0.457 e. The zero-order valence-corrected chi connectivity index (χ0v) is 32.3. The quantitative estimate of drug-likeness (QED) is 0.0502. The molecule has 6 rings (SSSR count). The summed E-state index contributed by atoms with van der Waals surface area (Å²) in [6.45, 7) is 9.96. The van der Waals surface area contributed by atoms with Gasteiger partial charge in [0, 0.05) is 55.1 Å². The van der Waals surface area contributed by atoms with Gasteiger partial charge in [0.15, 0.2) is 0 Å². The highest BCUT2D eigenvalue weighted by molar-refractivity contribution is 5.83. The third-order valence-corrected chi connectivity index (χ3v) is 10.4. The van der Waals surface area contributed by atoms with Gasteiger partial charge in [0.05, 0.1) is 35.5 Å². The van der Waals surface area contributed by atoms with Crippen LogP contribution in [0.25, 0.3) is 33.4 Å². The van der Waals surface area contributed by atoms with Crippen LogP contribution in [0.4, 0.5) is 0 Å². The molecule has 0 saturated carbocycles. The Bertz CT molecular complexity index is 2100. The van der Waals surface area contributed by atoms with Crippen LogP contribution in [-0.4, -0.2) is 83.5 Å². The topological polar surface area (TPSA) is 140 Å². The van der Waals surface area contributed by atoms with Gasteiger partial charge < -0.3 is 35.6 Å². The zero-order valence-electron chi connectivity index (χ0n) is 32.3. The van der Waals surface area contributed by atoms with Gasteiger partial charge >= 0.3 is 0 Å². The maximum absolute atomic E-state index is 12.7. The smallest absolute Gasteiger partial charge is 0.239 e. The first-order valence-electron chi connectivity index (χ1n) is 19.1. The summed E-state index contributed by atoms with van der Waals surface area (Å²) in [7, 11) is 5.44. The Balaban J connectivity index is 1.08. The van der Waals surface area contributed by atoms with Gasteiger partial charge in [-0.1, -0.05) is 38.1 Å². The molecule has 3 aromatic carbocycles. The number of hydrogen-bond donors (Lipinski definition) is 5. The van der Waals surface area contributed by atoms with E-state index in [-0.39, 0.29) is 23.3 Å². The summed E-state index contributed by atoms with van der Waals surface area (Å²) in [4.78, 5) is 42.6. The van der Waals surface area contributed by atoms with Crippen molar-refractivity contribution in [2.45, 2.75) is 70.3 Å². The predicted octanol–water partition coefficient (Wildman–Crippen LogP) is 6.66. The fraction of sp³-hybridized carbons (Fsp3) is 0.395. The summed E-state index contributed by atoms with van der Waals surface area (Å²) in [6.07, 6.45) is 9.60. The summed E-state index contributed by atoms with van der Waals surface area (Å²) in [5.41, 5.74) is 8.17. The highest BCUT2D eigenvalue weighted by atomic mass is 16.5. The molecule has 3 heterocycles. The zero-order chi connectivity index (χ0) is 38.2. The maximum Gasteiger partial charge on any atom is 0.239 e. The lowest BCUT2D eigenvalue weighted by molar-refractivity contribution is -0.132. The second-order valence-electron chi connectivity index (χ2n) is 14.7. The minimum absolute atomic E-state index is 0.0175. The second kappa shape index (κ2) is 17.3. The monoisotopic (exact) mass is 730 g/mol. The summed E-state index contributed by atoms with van der Waals surface area (Å²) < 4.78 is 6.58. The van der Waals surface area contributed by atoms with E-state index in [1.54, 1.807) is 18.0 Å². The first-order valence-corrected chi connectivity index (χ1v) is 19.1. The van der Waals surface area contributed by atoms with E-state index < -0.39 is 0 Å². The number of carbonyl (C=O) groups is 2. The molecule has 2 amide bonds. The number of aromatic amines is 2. The third kappa shape index (κ3) is 8.75. The van der Waals surface area contributed by atoms with Crippen molar-refractivity contribution in [1.82, 2.24) is 40.8 Å². The summed E-state index contributed by atoms with van der Waals surface area (Å²) >= 11 is 0. The van der Waals surface area contributed by atoms with Gasteiger partial charge in [-0.05, 0) is 93.7 Å². The van der Waals surface area contributed by atoms with E-state index in [9.17, 15) is 9.59 Å². The van der Waals surface area contributed by atoms with Gasteiger partial charge in [-0.25, -0.2) is 9.97 Å². The highest BCUT2D eigenvalue weighted by Gasteiger charge is 2.35. The summed E-state index contributed by atoms with van der Waals surface area (Å²) in [6, 6.07) is 19.0. The van der Waals surface area contributed by atoms with E-state index in [0.717, 1.165) is 106 Å². The number of benzene rings is 3. The molecule has 54 heavy (non-hydrogen) atoms. The summed E-state index contributed by atoms with van der Waals surface area (Å²) in [5.74, 6) is 3.73. The molecule has 11 nitrogen and oxygen atoms in total. The fourth-order valence-corrected chi connectivity index (χ4v) is 7.23. The standard InChI is InChI=1S/C43H54N8O3/c1-7-12-34(45-5)42(53)51(6)22-11-9-14-40-48-33-19-16-28(24-35(33)49-40)29-15-18-31-38(25-29)54-37-20-17-30(23-32(37)43(31,2)3)36-26-47-39(50-36)13-8-10-21-46-41(52)27-44-4/h7,15-20,23-26,34,44-45H,1,8-14,21-22,27H2,2-6H3,(H,46,52)(H,47,50)(H,48,49)/t34-/m0/s1. The van der Waals surface area contributed by atoms with Crippen LogP contribution in [0.15, 0.2) is 73.4 Å². The average Bonchev–Trinajstić information content (AvgIpc) is 3.81. The normalized spacial score (nSPS) is 13.5. The van der Waals surface area contributed by atoms with Gasteiger partial charge in [-0.2, -0.15) is 0 Å². The molecule has 11 heteroatoms. The maximum atomic E-state index is 12.7. The van der Waals surface area contributed by atoms with Crippen molar-refractivity contribution >= 4 is 22.8 Å². The molecule has 0 unspecified atom stereocenters. The molecule has 5 N–H and O–H groups in total. The highest BCUT2D eigenvalue weighted by Crippen LogP contribution is 2.49. The number of H-pyrrole nitrogens is 2. The number of ether oxygens (including phenoxy) is 1. The van der Waals surface area contributed by atoms with E-state index >= 15 is 0 Å². The lowest BCUT2D eigenvalue weighted by Crippen LogP contribution is -2.43. The number of aromatic nitrogens is 4. The molecule has 2 aromatic heterocycles. The molecular weight excluding hydrogens is 677 g/mol. The number of imidazole rings is 2. The third-order valence-electron chi connectivity index (χ3n) is 10.4. The van der Waals surface area contributed by atoms with E-state index in [1.807, 2.05) is 20.3 Å². The Morgan fingerprint density at radius 1 is 0.907 bits per heavy atom. The molecule has 0 saturated heterocycles. The van der Waals surface area contributed by atoms with Crippen LogP contribution in [-0.2, 0) is 27.8 Å². The number of amides is 2. The molecule has 0 spiro atoms. The first kappa shape index (κ1) is 38.5. The predicted molar refractivity (Wildman–Crippen MR) is 216 cm³/mol. The number of aryl methyl sites for hydroxylation is 2. The van der Waals surface area contributed by atoms with Crippen molar-refractivity contribution in [3.8, 4) is 33.9 Å². The van der Waals surface area contributed by atoms with Crippen molar-refractivity contribution in [2.75, 3.05) is 40.8 Å². The Kier molecular flexibility index (Phi) is 12.3. The van der Waals surface area contributed by atoms with Crippen LogP contribution >= 0.6 is 0 Å². The number of fused-ring (bicyclic) bond motifs is 3. The van der Waals surface area contributed by atoms with Crippen LogP contribution in [0.5, 0.6) is 11.5 Å². The van der Waals surface area contributed by atoms with Crippen molar-refractivity contribution in [3.05, 3.63) is 96.2 Å². The van der Waals surface area contributed by atoms with Gasteiger partial charge in [-0.15, -0.1) is 6.58 Å². The SMILES string of the molecule is C=CC[C@H](NC)C(=O)N(C)CCCCc1nc2ccc(-c3ccc4c(c3)Oc3ccc(-c5cnc(CCCCNC(=O)CNC)[nH]5)cc3C4(C)C)cc2[nH]1. The van der Waals surface area contributed by atoms with E-state index in [2.05, 4.69) is 106 Å². The van der Waals surface area contributed by atoms with E-state index in [4.69, 9.17) is 9.72 Å². The van der Waals surface area contributed by atoms with Gasteiger partial charge in [0.25, 0.3) is 0 Å². The first-order chi connectivity index (χ1) is 26.1. The molecule has 1 aliphatic rings. The summed E-state index contributed by atoms with van der Waals surface area (Å²) in [5, 5.41) is 8.86. The van der Waals surface area contributed by atoms with Crippen molar-refractivity contribution in [2.24, 2.45) is 0 Å². The van der Waals surface area contributed by atoms with Crippen LogP contribution in [0, 0.1) is 0 Å². The molecule has 0 bridgehead atoms. The second-order valence-corrected chi connectivity index (χ2v) is 14.7. The van der Waals surface area contributed by atoms with Gasteiger partial charge in [-0.3, -0.25) is 9.59 Å². The molecule has 0 fully saturated rings. The minimum Gasteiger partial charge on any atom is -0.457 e. The fourth-order valence-electron chi connectivity index (χ4n) is 7.23. The lowest BCUT2D eigenvalue weighted by atomic mass is 9.75. The molecule has 0 radical (unpaired) electrons. The van der Waals surface area contributed by atoms with Crippen molar-refractivity contribution in [1.29, 1.82) is 0 Å². The Hall–Kier alpha value is -5.26.